The van der Waals surface area contributed by atoms with E-state index in [1.54, 1.807) is 0 Å². The number of ether oxygens (including phenoxy) is 2. The van der Waals surface area contributed by atoms with Gasteiger partial charge in [-0.2, -0.15) is 0 Å². The highest BCUT2D eigenvalue weighted by atomic mass is 16.5. The lowest BCUT2D eigenvalue weighted by molar-refractivity contribution is -0.148. The van der Waals surface area contributed by atoms with Crippen molar-refractivity contribution in [3.8, 4) is 0 Å². The second-order valence-electron chi connectivity index (χ2n) is 4.37. The molecule has 0 bridgehead atoms. The molecule has 1 saturated heterocycles. The van der Waals surface area contributed by atoms with Crippen LogP contribution in [0.2, 0.25) is 0 Å². The Hall–Kier alpha value is -0.610. The molecule has 0 radical (unpaired) electrons. The van der Waals surface area contributed by atoms with E-state index in [0.717, 1.165) is 25.9 Å². The Morgan fingerprint density at radius 1 is 1.50 bits per heavy atom. The van der Waals surface area contributed by atoms with Crippen molar-refractivity contribution in [2.75, 3.05) is 26.3 Å². The highest BCUT2D eigenvalue weighted by Crippen LogP contribution is 2.17. The van der Waals surface area contributed by atoms with Gasteiger partial charge in [0.05, 0.1) is 19.3 Å². The molecule has 1 rings (SSSR count). The second-order valence-corrected chi connectivity index (χ2v) is 4.37. The van der Waals surface area contributed by atoms with Crippen molar-refractivity contribution in [2.45, 2.75) is 45.8 Å². The highest BCUT2D eigenvalue weighted by molar-refractivity contribution is 5.76. The minimum absolute atomic E-state index is 0.0456. The molecule has 0 N–H and O–H groups in total. The van der Waals surface area contributed by atoms with Crippen LogP contribution >= 0.6 is 0 Å². The SMILES string of the molecule is CCOC(=O)C1CCCN1CCOC(C)C. The molecule has 0 aromatic heterocycles. The largest absolute Gasteiger partial charge is 0.465 e. The van der Waals surface area contributed by atoms with Crippen LogP contribution < -0.4 is 0 Å². The zero-order valence-electron chi connectivity index (χ0n) is 10.6. The molecule has 0 aromatic carbocycles. The molecule has 1 heterocycles. The van der Waals surface area contributed by atoms with Gasteiger partial charge in [-0.15, -0.1) is 0 Å². The number of rotatable bonds is 6. The quantitative estimate of drug-likeness (QED) is 0.646. The van der Waals surface area contributed by atoms with Gasteiger partial charge in [-0.1, -0.05) is 0 Å². The molecule has 0 aliphatic carbocycles. The van der Waals surface area contributed by atoms with Crippen molar-refractivity contribution in [3.05, 3.63) is 0 Å². The van der Waals surface area contributed by atoms with Crippen molar-refractivity contribution in [1.82, 2.24) is 4.90 Å². The van der Waals surface area contributed by atoms with Crippen molar-refractivity contribution in [1.29, 1.82) is 0 Å². The van der Waals surface area contributed by atoms with Gasteiger partial charge < -0.3 is 9.47 Å². The third-order valence-corrected chi connectivity index (χ3v) is 2.75. The summed E-state index contributed by atoms with van der Waals surface area (Å²) in [7, 11) is 0. The summed E-state index contributed by atoms with van der Waals surface area (Å²) >= 11 is 0. The predicted molar refractivity (Wildman–Crippen MR) is 62.3 cm³/mol. The van der Waals surface area contributed by atoms with Gasteiger partial charge >= 0.3 is 5.97 Å². The summed E-state index contributed by atoms with van der Waals surface area (Å²) in [6.07, 6.45) is 2.25. The van der Waals surface area contributed by atoms with Crippen molar-refractivity contribution < 1.29 is 14.3 Å². The Labute approximate surface area is 97.9 Å². The fourth-order valence-electron chi connectivity index (χ4n) is 2.00. The van der Waals surface area contributed by atoms with E-state index < -0.39 is 0 Å². The first kappa shape index (κ1) is 13.5. The predicted octanol–water partition coefficient (Wildman–Crippen LogP) is 1.44. The molecule has 0 amide bonds. The van der Waals surface area contributed by atoms with Gasteiger partial charge in [-0.3, -0.25) is 9.69 Å². The average Bonchev–Trinajstić information content (AvgIpc) is 2.66. The van der Waals surface area contributed by atoms with E-state index in [-0.39, 0.29) is 18.1 Å². The minimum Gasteiger partial charge on any atom is -0.465 e. The Morgan fingerprint density at radius 2 is 2.25 bits per heavy atom. The fourth-order valence-corrected chi connectivity index (χ4v) is 2.00. The number of likely N-dealkylation sites (tertiary alicyclic amines) is 1. The minimum atomic E-state index is -0.0791. The Balaban J connectivity index is 2.31. The number of hydrogen-bond donors (Lipinski definition) is 0. The van der Waals surface area contributed by atoms with E-state index in [1.165, 1.54) is 0 Å². The van der Waals surface area contributed by atoms with Crippen molar-refractivity contribution in [2.24, 2.45) is 0 Å². The summed E-state index contributed by atoms with van der Waals surface area (Å²) in [4.78, 5) is 13.8. The van der Waals surface area contributed by atoms with Crippen LogP contribution in [0.3, 0.4) is 0 Å². The Bertz CT molecular complexity index is 218. The fraction of sp³-hybridized carbons (Fsp3) is 0.917. The molecular weight excluding hydrogens is 206 g/mol. The molecule has 0 spiro atoms. The van der Waals surface area contributed by atoms with Crippen LogP contribution in [0.5, 0.6) is 0 Å². The van der Waals surface area contributed by atoms with Crippen LogP contribution in [0.1, 0.15) is 33.6 Å². The standard InChI is InChI=1S/C12H23NO3/c1-4-15-12(14)11-6-5-7-13(11)8-9-16-10(2)3/h10-11H,4-9H2,1-3H3. The lowest BCUT2D eigenvalue weighted by Gasteiger charge is -2.23. The molecule has 94 valence electrons. The second kappa shape index (κ2) is 6.86. The first-order valence-electron chi connectivity index (χ1n) is 6.17. The summed E-state index contributed by atoms with van der Waals surface area (Å²) in [5.41, 5.74) is 0. The number of carbonyl (C=O) groups excluding carboxylic acids is 1. The summed E-state index contributed by atoms with van der Waals surface area (Å²) in [6, 6.07) is -0.0456. The first-order chi connectivity index (χ1) is 7.65. The molecule has 16 heavy (non-hydrogen) atoms. The summed E-state index contributed by atoms with van der Waals surface area (Å²) in [5, 5.41) is 0. The van der Waals surface area contributed by atoms with E-state index >= 15 is 0 Å². The zero-order chi connectivity index (χ0) is 12.0. The number of nitrogens with zero attached hydrogens (tertiary/aromatic N) is 1. The molecule has 0 aromatic rings. The van der Waals surface area contributed by atoms with Gasteiger partial charge in [0.15, 0.2) is 0 Å². The molecule has 4 nitrogen and oxygen atoms in total. The van der Waals surface area contributed by atoms with Crippen LogP contribution in [-0.2, 0) is 14.3 Å². The van der Waals surface area contributed by atoms with Gasteiger partial charge in [-0.05, 0) is 40.2 Å². The van der Waals surface area contributed by atoms with E-state index in [2.05, 4.69) is 4.90 Å². The van der Waals surface area contributed by atoms with Crippen LogP contribution in [0.4, 0.5) is 0 Å². The highest BCUT2D eigenvalue weighted by Gasteiger charge is 2.31. The number of esters is 1. The molecule has 1 atom stereocenters. The van der Waals surface area contributed by atoms with Gasteiger partial charge in [0.2, 0.25) is 0 Å². The van der Waals surface area contributed by atoms with Crippen molar-refractivity contribution in [3.63, 3.8) is 0 Å². The van der Waals surface area contributed by atoms with Crippen LogP contribution in [0.15, 0.2) is 0 Å². The smallest absolute Gasteiger partial charge is 0.323 e. The topological polar surface area (TPSA) is 38.8 Å². The normalized spacial score (nSPS) is 21.6. The van der Waals surface area contributed by atoms with Gasteiger partial charge in [0.25, 0.3) is 0 Å². The molecular formula is C12H23NO3. The van der Waals surface area contributed by atoms with E-state index in [1.807, 2.05) is 20.8 Å². The van der Waals surface area contributed by atoms with E-state index in [9.17, 15) is 4.79 Å². The average molecular weight is 229 g/mol. The van der Waals surface area contributed by atoms with Gasteiger partial charge in [0, 0.05) is 6.54 Å². The van der Waals surface area contributed by atoms with Gasteiger partial charge in [0.1, 0.15) is 6.04 Å². The Kier molecular flexibility index (Phi) is 5.77. The summed E-state index contributed by atoms with van der Waals surface area (Å²) in [6.45, 7) is 8.84. The monoisotopic (exact) mass is 229 g/mol. The van der Waals surface area contributed by atoms with Crippen LogP contribution in [0.25, 0.3) is 0 Å². The molecule has 1 aliphatic heterocycles. The van der Waals surface area contributed by atoms with E-state index in [0.29, 0.717) is 13.2 Å². The third kappa shape index (κ3) is 4.10. The molecule has 1 aliphatic rings. The molecule has 1 fully saturated rings. The van der Waals surface area contributed by atoms with Crippen LogP contribution in [0, 0.1) is 0 Å². The molecule has 0 saturated carbocycles. The molecule has 1 unspecified atom stereocenters. The van der Waals surface area contributed by atoms with E-state index in [4.69, 9.17) is 9.47 Å². The van der Waals surface area contributed by atoms with Crippen LogP contribution in [-0.4, -0.2) is 49.3 Å². The lowest BCUT2D eigenvalue weighted by atomic mass is 10.2. The van der Waals surface area contributed by atoms with Crippen molar-refractivity contribution >= 4 is 5.97 Å². The van der Waals surface area contributed by atoms with Gasteiger partial charge in [-0.25, -0.2) is 0 Å². The third-order valence-electron chi connectivity index (χ3n) is 2.75. The summed E-state index contributed by atoms with van der Waals surface area (Å²) in [5.74, 6) is -0.0791. The maximum absolute atomic E-state index is 11.6. The lowest BCUT2D eigenvalue weighted by Crippen LogP contribution is -2.39. The maximum atomic E-state index is 11.6. The Morgan fingerprint density at radius 3 is 2.88 bits per heavy atom. The number of carbonyl (C=O) groups is 1. The molecule has 4 heteroatoms. The zero-order valence-corrected chi connectivity index (χ0v) is 10.6. The maximum Gasteiger partial charge on any atom is 0.323 e. The first-order valence-corrected chi connectivity index (χ1v) is 6.17. The summed E-state index contributed by atoms with van der Waals surface area (Å²) < 4.78 is 10.6. The number of hydrogen-bond acceptors (Lipinski definition) is 4.